The van der Waals surface area contributed by atoms with Gasteiger partial charge in [0.05, 0.1) is 6.61 Å². The Morgan fingerprint density at radius 3 is 2.83 bits per heavy atom. The molecule has 0 saturated carbocycles. The van der Waals surface area contributed by atoms with Crippen molar-refractivity contribution in [2.75, 3.05) is 13.2 Å². The molecule has 0 aromatic rings. The van der Waals surface area contributed by atoms with Crippen LogP contribution < -0.4 is 0 Å². The van der Waals surface area contributed by atoms with E-state index in [0.29, 0.717) is 6.61 Å². The second kappa shape index (κ2) is 3.60. The van der Waals surface area contributed by atoms with Gasteiger partial charge in [-0.05, 0) is 13.8 Å². The Morgan fingerprint density at radius 1 is 1.75 bits per heavy atom. The van der Waals surface area contributed by atoms with Gasteiger partial charge in [0, 0.05) is 11.6 Å². The second-order valence-corrected chi connectivity index (χ2v) is 3.31. The highest BCUT2D eigenvalue weighted by molar-refractivity contribution is 6.61. The molecule has 1 saturated heterocycles. The summed E-state index contributed by atoms with van der Waals surface area (Å²) >= 11 is 4.97. The molecule has 0 amide bonds. The highest BCUT2D eigenvalue weighted by Crippen LogP contribution is 2.22. The number of hydrogen-bond acceptors (Lipinski definition) is 4. The molecule has 1 fully saturated rings. The second-order valence-electron chi connectivity index (χ2n) is 3.00. The summed E-state index contributed by atoms with van der Waals surface area (Å²) in [5, 5.41) is 0. The van der Waals surface area contributed by atoms with Gasteiger partial charge in [-0.1, -0.05) is 0 Å². The molecule has 0 aliphatic carbocycles. The molecule has 0 spiro atoms. The lowest BCUT2D eigenvalue weighted by molar-refractivity contribution is -0.142. The fraction of sp³-hybridized carbons (Fsp3) is 0.857. The van der Waals surface area contributed by atoms with Crippen LogP contribution in [0.3, 0.4) is 0 Å². The maximum Gasteiger partial charge on any atom is 0.403 e. The summed E-state index contributed by atoms with van der Waals surface area (Å²) in [6.45, 7) is 4.17. The molecule has 70 valence electrons. The lowest BCUT2D eigenvalue weighted by Gasteiger charge is -2.16. The van der Waals surface area contributed by atoms with Crippen LogP contribution in [0.15, 0.2) is 0 Å². The lowest BCUT2D eigenvalue weighted by Crippen LogP contribution is -2.24. The first kappa shape index (κ1) is 9.77. The van der Waals surface area contributed by atoms with Crippen molar-refractivity contribution in [3.05, 3.63) is 0 Å². The molecule has 1 aliphatic rings. The Balaban J connectivity index is 2.24. The molecule has 5 heteroatoms. The van der Waals surface area contributed by atoms with E-state index in [1.807, 2.05) is 0 Å². The van der Waals surface area contributed by atoms with Gasteiger partial charge in [0.2, 0.25) is 0 Å². The molecule has 1 heterocycles. The molecule has 4 nitrogen and oxygen atoms in total. The third-order valence-corrected chi connectivity index (χ3v) is 1.56. The predicted molar refractivity (Wildman–Crippen MR) is 42.1 cm³/mol. The molecular weight excluding hydrogens is 184 g/mol. The normalized spacial score (nSPS) is 27.1. The van der Waals surface area contributed by atoms with Gasteiger partial charge in [-0.3, -0.25) is 0 Å². The van der Waals surface area contributed by atoms with Crippen molar-refractivity contribution in [1.82, 2.24) is 0 Å². The number of rotatable bonds is 2. The zero-order chi connectivity index (χ0) is 9.19. The Labute approximate surface area is 75.7 Å². The van der Waals surface area contributed by atoms with Crippen molar-refractivity contribution >= 4 is 17.0 Å². The van der Waals surface area contributed by atoms with Crippen molar-refractivity contribution in [3.63, 3.8) is 0 Å². The van der Waals surface area contributed by atoms with Crippen LogP contribution in [0.2, 0.25) is 0 Å². The average Bonchev–Trinajstić information content (AvgIpc) is 2.26. The summed E-state index contributed by atoms with van der Waals surface area (Å²) in [5.74, 6) is -0.580. The molecular formula is C7H11ClO4. The van der Waals surface area contributed by atoms with Crippen LogP contribution >= 0.6 is 11.6 Å². The largest absolute Gasteiger partial charge is 0.451 e. The highest BCUT2D eigenvalue weighted by Gasteiger charge is 2.33. The maximum absolute atomic E-state index is 10.2. The standard InChI is InChI=1S/C7H11ClO4/c1-7(2)11-4-5(12-7)3-10-6(8)9/h5H,3-4H2,1-2H3. The molecule has 0 radical (unpaired) electrons. The van der Waals surface area contributed by atoms with E-state index in [-0.39, 0.29) is 12.7 Å². The van der Waals surface area contributed by atoms with E-state index in [4.69, 9.17) is 21.1 Å². The molecule has 1 aliphatic heterocycles. The zero-order valence-corrected chi connectivity index (χ0v) is 7.76. The topological polar surface area (TPSA) is 44.8 Å². The summed E-state index contributed by atoms with van der Waals surface area (Å²) in [6, 6.07) is 0. The van der Waals surface area contributed by atoms with Crippen molar-refractivity contribution < 1.29 is 19.0 Å². The fourth-order valence-corrected chi connectivity index (χ4v) is 1.07. The minimum absolute atomic E-state index is 0.145. The molecule has 0 aromatic heterocycles. The Bertz CT molecular complexity index is 180. The van der Waals surface area contributed by atoms with Crippen LogP contribution in [0.4, 0.5) is 4.79 Å². The Hall–Kier alpha value is -0.320. The molecule has 0 aromatic carbocycles. The third kappa shape index (κ3) is 2.97. The molecule has 1 rings (SSSR count). The van der Waals surface area contributed by atoms with E-state index in [1.165, 1.54) is 0 Å². The average molecular weight is 195 g/mol. The first-order chi connectivity index (χ1) is 5.49. The van der Waals surface area contributed by atoms with Crippen molar-refractivity contribution in [2.45, 2.75) is 25.7 Å². The third-order valence-electron chi connectivity index (χ3n) is 1.45. The molecule has 0 N–H and O–H groups in total. The number of halogens is 1. The van der Waals surface area contributed by atoms with Gasteiger partial charge in [0.1, 0.15) is 12.7 Å². The smallest absolute Gasteiger partial charge is 0.403 e. The first-order valence-electron chi connectivity index (χ1n) is 3.64. The molecule has 1 unspecified atom stereocenters. The van der Waals surface area contributed by atoms with Crippen LogP contribution in [-0.2, 0) is 14.2 Å². The van der Waals surface area contributed by atoms with Crippen LogP contribution in [0, 0.1) is 0 Å². The predicted octanol–water partition coefficient (Wildman–Crippen LogP) is 1.51. The van der Waals surface area contributed by atoms with Crippen LogP contribution in [0.5, 0.6) is 0 Å². The van der Waals surface area contributed by atoms with E-state index >= 15 is 0 Å². The molecule has 0 bridgehead atoms. The van der Waals surface area contributed by atoms with Gasteiger partial charge in [0.15, 0.2) is 5.79 Å². The lowest BCUT2D eigenvalue weighted by atomic mass is 10.4. The minimum atomic E-state index is -0.816. The summed E-state index contributed by atoms with van der Waals surface area (Å²) < 4.78 is 15.1. The summed E-state index contributed by atoms with van der Waals surface area (Å²) in [4.78, 5) is 10.2. The first-order valence-corrected chi connectivity index (χ1v) is 4.01. The van der Waals surface area contributed by atoms with E-state index in [2.05, 4.69) is 4.74 Å². The van der Waals surface area contributed by atoms with Gasteiger partial charge in [-0.2, -0.15) is 0 Å². The van der Waals surface area contributed by atoms with Gasteiger partial charge in [0.25, 0.3) is 0 Å². The molecule has 1 atom stereocenters. The number of ether oxygens (including phenoxy) is 3. The van der Waals surface area contributed by atoms with E-state index in [9.17, 15) is 4.79 Å². The number of hydrogen-bond donors (Lipinski definition) is 0. The minimum Gasteiger partial charge on any atom is -0.451 e. The Morgan fingerprint density at radius 2 is 2.42 bits per heavy atom. The van der Waals surface area contributed by atoms with Gasteiger partial charge in [-0.15, -0.1) is 0 Å². The fourth-order valence-electron chi connectivity index (χ4n) is 1.00. The maximum atomic E-state index is 10.2. The van der Waals surface area contributed by atoms with Gasteiger partial charge in [-0.25, -0.2) is 4.79 Å². The van der Waals surface area contributed by atoms with Crippen molar-refractivity contribution in [1.29, 1.82) is 0 Å². The monoisotopic (exact) mass is 194 g/mol. The quantitative estimate of drug-likeness (QED) is 0.626. The van der Waals surface area contributed by atoms with E-state index in [0.717, 1.165) is 0 Å². The summed E-state index contributed by atoms with van der Waals surface area (Å²) in [5.41, 5.74) is -0.816. The molecule has 12 heavy (non-hydrogen) atoms. The van der Waals surface area contributed by atoms with Gasteiger partial charge >= 0.3 is 5.43 Å². The van der Waals surface area contributed by atoms with Crippen LogP contribution in [-0.4, -0.2) is 30.5 Å². The van der Waals surface area contributed by atoms with E-state index in [1.54, 1.807) is 13.8 Å². The Kier molecular flexibility index (Phi) is 2.93. The van der Waals surface area contributed by atoms with Crippen LogP contribution in [0.1, 0.15) is 13.8 Å². The summed E-state index contributed by atoms with van der Waals surface area (Å²) in [6.07, 6.45) is -0.206. The van der Waals surface area contributed by atoms with Gasteiger partial charge < -0.3 is 14.2 Å². The number of carbonyl (C=O) groups is 1. The van der Waals surface area contributed by atoms with E-state index < -0.39 is 11.2 Å². The van der Waals surface area contributed by atoms with Crippen molar-refractivity contribution in [2.24, 2.45) is 0 Å². The van der Waals surface area contributed by atoms with Crippen molar-refractivity contribution in [3.8, 4) is 0 Å². The zero-order valence-electron chi connectivity index (χ0n) is 7.00. The SMILES string of the molecule is CC1(C)OCC(COC(=O)Cl)O1. The highest BCUT2D eigenvalue weighted by atomic mass is 35.5. The summed E-state index contributed by atoms with van der Waals surface area (Å²) in [7, 11) is 0. The number of carbonyl (C=O) groups excluding carboxylic acids is 1. The van der Waals surface area contributed by atoms with Crippen LogP contribution in [0.25, 0.3) is 0 Å².